The van der Waals surface area contributed by atoms with Gasteiger partial charge in [-0.3, -0.25) is 9.89 Å². The zero-order chi connectivity index (χ0) is 20.1. The van der Waals surface area contributed by atoms with Crippen molar-refractivity contribution >= 4 is 17.5 Å². The van der Waals surface area contributed by atoms with Crippen molar-refractivity contribution in [2.45, 2.75) is 58.0 Å². The number of carbonyl (C=O) groups is 1. The van der Waals surface area contributed by atoms with Crippen LogP contribution in [0.2, 0.25) is 5.02 Å². The maximum absolute atomic E-state index is 13.7. The number of nitrogens with one attached hydrogen (secondary N) is 1. The van der Waals surface area contributed by atoms with Gasteiger partial charge in [-0.05, 0) is 81.8 Å². The second kappa shape index (κ2) is 7.06. The molecule has 2 aromatic heterocycles. The van der Waals surface area contributed by atoms with Crippen LogP contribution in [-0.4, -0.2) is 37.7 Å². The van der Waals surface area contributed by atoms with Crippen LogP contribution >= 0.6 is 11.6 Å². The van der Waals surface area contributed by atoms with Crippen molar-refractivity contribution in [2.75, 3.05) is 0 Å². The van der Waals surface area contributed by atoms with E-state index in [1.807, 2.05) is 43.5 Å². The molecular formula is C23H25ClN4O. The molecule has 0 spiro atoms. The summed E-state index contributed by atoms with van der Waals surface area (Å²) < 4.78 is 2.14. The molecule has 150 valence electrons. The second-order valence-corrected chi connectivity index (χ2v) is 8.75. The van der Waals surface area contributed by atoms with Gasteiger partial charge in [0.1, 0.15) is 0 Å². The van der Waals surface area contributed by atoms with Gasteiger partial charge in [-0.1, -0.05) is 11.6 Å². The normalized spacial score (nSPS) is 18.5. The Bertz CT molecular complexity index is 1060. The highest BCUT2D eigenvalue weighted by molar-refractivity contribution is 6.30. The quantitative estimate of drug-likeness (QED) is 0.684. The first-order valence-corrected chi connectivity index (χ1v) is 10.7. The predicted molar refractivity (Wildman–Crippen MR) is 114 cm³/mol. The summed E-state index contributed by atoms with van der Waals surface area (Å²) >= 11 is 6.05. The number of hydrogen-bond donors (Lipinski definition) is 1. The molecule has 0 aliphatic heterocycles. The molecule has 1 amide bonds. The molecule has 29 heavy (non-hydrogen) atoms. The molecule has 5 rings (SSSR count). The Morgan fingerprint density at radius 1 is 1.17 bits per heavy atom. The molecule has 1 atom stereocenters. The molecule has 0 bridgehead atoms. The van der Waals surface area contributed by atoms with Gasteiger partial charge in [0.15, 0.2) is 0 Å². The Morgan fingerprint density at radius 3 is 2.66 bits per heavy atom. The summed E-state index contributed by atoms with van der Waals surface area (Å²) in [5.74, 6) is 0.165. The summed E-state index contributed by atoms with van der Waals surface area (Å²) in [5.41, 5.74) is 6.37. The van der Waals surface area contributed by atoms with Gasteiger partial charge in [0.2, 0.25) is 0 Å². The summed E-state index contributed by atoms with van der Waals surface area (Å²) in [7, 11) is 0. The fraction of sp³-hybridized carbons (Fsp3) is 0.391. The molecule has 1 N–H and O–H groups in total. The molecule has 2 aliphatic carbocycles. The molecule has 2 heterocycles. The van der Waals surface area contributed by atoms with Gasteiger partial charge in [0.05, 0.1) is 11.8 Å². The minimum absolute atomic E-state index is 0.165. The fourth-order valence-electron chi connectivity index (χ4n) is 4.72. The van der Waals surface area contributed by atoms with Gasteiger partial charge in [-0.15, -0.1) is 0 Å². The van der Waals surface area contributed by atoms with Crippen LogP contribution in [0.4, 0.5) is 0 Å². The van der Waals surface area contributed by atoms with Crippen molar-refractivity contribution in [2.24, 2.45) is 0 Å². The van der Waals surface area contributed by atoms with Crippen LogP contribution in [0.5, 0.6) is 0 Å². The van der Waals surface area contributed by atoms with Crippen LogP contribution in [0.3, 0.4) is 0 Å². The van der Waals surface area contributed by atoms with Crippen molar-refractivity contribution < 1.29 is 4.79 Å². The number of benzene rings is 1. The van der Waals surface area contributed by atoms with E-state index in [0.29, 0.717) is 11.1 Å². The van der Waals surface area contributed by atoms with E-state index in [-0.39, 0.29) is 11.9 Å². The highest BCUT2D eigenvalue weighted by atomic mass is 35.5. The van der Waals surface area contributed by atoms with E-state index in [1.165, 1.54) is 11.3 Å². The van der Waals surface area contributed by atoms with E-state index in [2.05, 4.69) is 26.6 Å². The molecule has 3 aromatic rings. The van der Waals surface area contributed by atoms with Gasteiger partial charge in [0.25, 0.3) is 5.91 Å². The van der Waals surface area contributed by atoms with E-state index < -0.39 is 0 Å². The second-order valence-electron chi connectivity index (χ2n) is 8.31. The van der Waals surface area contributed by atoms with Crippen molar-refractivity contribution in [3.05, 3.63) is 69.8 Å². The Morgan fingerprint density at radius 2 is 1.93 bits per heavy atom. The number of aryl methyl sites for hydroxylation is 2. The number of amides is 1. The van der Waals surface area contributed by atoms with Gasteiger partial charge >= 0.3 is 0 Å². The van der Waals surface area contributed by atoms with E-state index in [0.717, 1.165) is 54.7 Å². The number of hydrogen-bond acceptors (Lipinski definition) is 2. The molecule has 2 aliphatic rings. The third kappa shape index (κ3) is 3.27. The smallest absolute Gasteiger partial charge is 0.256 e. The zero-order valence-electron chi connectivity index (χ0n) is 16.8. The number of carbonyl (C=O) groups excluding carboxylic acids is 1. The Hall–Kier alpha value is -2.53. The average Bonchev–Trinajstić information content (AvgIpc) is 3.34. The molecular weight excluding hydrogens is 384 g/mol. The lowest BCUT2D eigenvalue weighted by atomic mass is 9.92. The third-order valence-electron chi connectivity index (χ3n) is 6.31. The highest BCUT2D eigenvalue weighted by Crippen LogP contribution is 2.35. The zero-order valence-corrected chi connectivity index (χ0v) is 17.5. The number of nitrogens with zero attached hydrogens (tertiary/aromatic N) is 3. The van der Waals surface area contributed by atoms with Crippen LogP contribution in [0.1, 0.15) is 52.3 Å². The summed E-state index contributed by atoms with van der Waals surface area (Å²) in [6.07, 6.45) is 6.98. The Labute approximate surface area is 175 Å². The van der Waals surface area contributed by atoms with Gasteiger partial charge in [-0.25, -0.2) is 0 Å². The molecule has 0 radical (unpaired) electrons. The molecule has 0 saturated heterocycles. The topological polar surface area (TPSA) is 53.9 Å². The molecule has 1 aromatic carbocycles. The van der Waals surface area contributed by atoms with E-state index in [1.54, 1.807) is 0 Å². The van der Waals surface area contributed by atoms with Crippen molar-refractivity contribution in [1.29, 1.82) is 0 Å². The molecule has 1 unspecified atom stereocenters. The summed E-state index contributed by atoms with van der Waals surface area (Å²) in [6, 6.07) is 10.4. The minimum atomic E-state index is 0.165. The maximum Gasteiger partial charge on any atom is 0.256 e. The summed E-state index contributed by atoms with van der Waals surface area (Å²) in [6.45, 7) is 4.09. The van der Waals surface area contributed by atoms with E-state index >= 15 is 0 Å². The molecule has 1 saturated carbocycles. The number of H-pyrrole nitrogens is 1. The molecule has 1 fully saturated rings. The lowest BCUT2D eigenvalue weighted by Crippen LogP contribution is -2.45. The van der Waals surface area contributed by atoms with Crippen LogP contribution in [0.25, 0.3) is 5.69 Å². The Balaban J connectivity index is 1.47. The first-order valence-electron chi connectivity index (χ1n) is 10.3. The van der Waals surface area contributed by atoms with Gasteiger partial charge in [-0.2, -0.15) is 5.10 Å². The minimum Gasteiger partial charge on any atom is -0.332 e. The van der Waals surface area contributed by atoms with Crippen LogP contribution in [0, 0.1) is 13.8 Å². The van der Waals surface area contributed by atoms with Gasteiger partial charge < -0.3 is 9.47 Å². The lowest BCUT2D eigenvalue weighted by molar-refractivity contribution is 0.0642. The highest BCUT2D eigenvalue weighted by Gasteiger charge is 2.40. The largest absolute Gasteiger partial charge is 0.332 e. The fourth-order valence-corrected chi connectivity index (χ4v) is 4.85. The number of rotatable bonds is 4. The van der Waals surface area contributed by atoms with Crippen LogP contribution in [0.15, 0.2) is 36.5 Å². The summed E-state index contributed by atoms with van der Waals surface area (Å²) in [5, 5.41) is 8.00. The van der Waals surface area contributed by atoms with Crippen molar-refractivity contribution in [3.63, 3.8) is 0 Å². The number of aromatic amines is 1. The van der Waals surface area contributed by atoms with Crippen molar-refractivity contribution in [1.82, 2.24) is 19.7 Å². The van der Waals surface area contributed by atoms with Crippen LogP contribution < -0.4 is 0 Å². The first kappa shape index (κ1) is 18.5. The predicted octanol–water partition coefficient (Wildman–Crippen LogP) is 4.63. The number of aromatic nitrogens is 3. The standard InChI is InChI=1S/C23H25ClN4O/c1-14-11-21(15(2)27(14)18-5-3-17(24)4-6-18)23(29)28(19-7-8-19)20-9-10-22-16(12-20)13-25-26-22/h3-6,11,13,19-20H,7-10,12H2,1-2H3,(H,25,26). The molecule has 6 heteroatoms. The van der Waals surface area contributed by atoms with Gasteiger partial charge in [0, 0.05) is 39.9 Å². The van der Waals surface area contributed by atoms with Crippen molar-refractivity contribution in [3.8, 4) is 5.69 Å². The first-order chi connectivity index (χ1) is 14.0. The summed E-state index contributed by atoms with van der Waals surface area (Å²) in [4.78, 5) is 15.9. The SMILES string of the molecule is Cc1cc(C(=O)N(C2CC2)C2CCc3[nH]ncc3C2)c(C)n1-c1ccc(Cl)cc1. The average molecular weight is 409 g/mol. The number of fused-ring (bicyclic) bond motifs is 1. The van der Waals surface area contributed by atoms with E-state index in [9.17, 15) is 4.79 Å². The molecule has 5 nitrogen and oxygen atoms in total. The van der Waals surface area contributed by atoms with E-state index in [4.69, 9.17) is 11.6 Å². The lowest BCUT2D eigenvalue weighted by Gasteiger charge is -2.34. The monoisotopic (exact) mass is 408 g/mol. The maximum atomic E-state index is 13.7. The third-order valence-corrected chi connectivity index (χ3v) is 6.56. The number of halogens is 1. The van der Waals surface area contributed by atoms with Crippen LogP contribution in [-0.2, 0) is 12.8 Å². The Kier molecular flexibility index (Phi) is 4.50.